The molecule has 1 N–H and O–H groups in total. The van der Waals surface area contributed by atoms with Gasteiger partial charge in [0.25, 0.3) is 0 Å². The van der Waals surface area contributed by atoms with E-state index < -0.39 is 29.4 Å². The summed E-state index contributed by atoms with van der Waals surface area (Å²) >= 11 is 0. The molecule has 0 spiro atoms. The van der Waals surface area contributed by atoms with Gasteiger partial charge in [0.1, 0.15) is 18.2 Å². The zero-order valence-electron chi connectivity index (χ0n) is 25.3. The summed E-state index contributed by atoms with van der Waals surface area (Å²) < 4.78 is 17.5. The van der Waals surface area contributed by atoms with Gasteiger partial charge in [-0.3, -0.25) is 14.4 Å². The lowest BCUT2D eigenvalue weighted by atomic mass is 9.77. The molecular formula is C33H44N2O7. The van der Waals surface area contributed by atoms with Gasteiger partial charge in [-0.2, -0.15) is 0 Å². The van der Waals surface area contributed by atoms with Crippen molar-refractivity contribution in [1.82, 2.24) is 9.88 Å². The first-order chi connectivity index (χ1) is 20.1. The quantitative estimate of drug-likeness (QED) is 0.476. The molecule has 1 aromatic heterocycles. The van der Waals surface area contributed by atoms with E-state index in [2.05, 4.69) is 4.98 Å². The summed E-state index contributed by atoms with van der Waals surface area (Å²) in [5, 5.41) is 0.612. The molecule has 1 aromatic carbocycles. The highest BCUT2D eigenvalue weighted by atomic mass is 16.5. The first-order valence-corrected chi connectivity index (χ1v) is 15.4. The molecule has 228 valence electrons. The monoisotopic (exact) mass is 580 g/mol. The average molecular weight is 581 g/mol. The molecule has 3 heterocycles. The second-order valence-corrected chi connectivity index (χ2v) is 13.3. The minimum absolute atomic E-state index is 0.0520. The van der Waals surface area contributed by atoms with E-state index in [0.717, 1.165) is 44.9 Å². The smallest absolute Gasteiger partial charge is 0.328 e. The number of H-pyrrole nitrogens is 1. The van der Waals surface area contributed by atoms with Crippen LogP contribution in [0.2, 0.25) is 0 Å². The highest BCUT2D eigenvalue weighted by Crippen LogP contribution is 2.37. The molecule has 1 saturated carbocycles. The number of carbonyl (C=O) groups excluding carboxylic acids is 3. The third-order valence-corrected chi connectivity index (χ3v) is 9.36. The molecule has 0 unspecified atom stereocenters. The Hall–Kier alpha value is -3.36. The van der Waals surface area contributed by atoms with Gasteiger partial charge in [0.2, 0.25) is 5.91 Å². The van der Waals surface area contributed by atoms with Crippen LogP contribution in [0.25, 0.3) is 10.9 Å². The molecule has 9 heteroatoms. The number of amides is 1. The summed E-state index contributed by atoms with van der Waals surface area (Å²) in [4.78, 5) is 58.7. The Labute approximate surface area is 247 Å². The van der Waals surface area contributed by atoms with E-state index in [1.54, 1.807) is 0 Å². The lowest BCUT2D eigenvalue weighted by Gasteiger charge is -2.34. The van der Waals surface area contributed by atoms with Gasteiger partial charge in [-0.25, -0.2) is 4.79 Å². The van der Waals surface area contributed by atoms with E-state index in [4.69, 9.17) is 14.2 Å². The third kappa shape index (κ3) is 6.35. The van der Waals surface area contributed by atoms with Crippen LogP contribution in [-0.2, 0) is 30.3 Å². The van der Waals surface area contributed by atoms with Gasteiger partial charge in [0.15, 0.2) is 11.3 Å². The molecule has 1 amide bonds. The van der Waals surface area contributed by atoms with Crippen LogP contribution in [0.5, 0.6) is 5.88 Å². The maximum Gasteiger partial charge on any atom is 0.328 e. The largest absolute Gasteiger partial charge is 0.473 e. The van der Waals surface area contributed by atoms with Crippen molar-refractivity contribution in [3.8, 4) is 5.88 Å². The summed E-state index contributed by atoms with van der Waals surface area (Å²) in [6.07, 6.45) is 6.67. The second kappa shape index (κ2) is 12.5. The van der Waals surface area contributed by atoms with Gasteiger partial charge in [-0.15, -0.1) is 0 Å². The second-order valence-electron chi connectivity index (χ2n) is 13.3. The van der Waals surface area contributed by atoms with E-state index in [0.29, 0.717) is 34.7 Å². The molecule has 5 atom stereocenters. The van der Waals surface area contributed by atoms with Crippen molar-refractivity contribution < 1.29 is 28.6 Å². The SMILES string of the molecule is COC(=O)[C@@H]1C[C@@H]2CN1C(=O)[C@H](C(C)(C)C)CC(=O)O[C@@H]1CCC[C@H]1CCCCCc1c([nH]c3ccccc3c1=O)O2. The van der Waals surface area contributed by atoms with Crippen LogP contribution in [0.1, 0.15) is 84.1 Å². The van der Waals surface area contributed by atoms with Crippen molar-refractivity contribution in [1.29, 1.82) is 0 Å². The molecule has 1 aliphatic carbocycles. The number of rotatable bonds is 1. The fraction of sp³-hybridized carbons (Fsp3) is 0.636. The number of aromatic amines is 1. The summed E-state index contributed by atoms with van der Waals surface area (Å²) in [7, 11) is 1.30. The Morgan fingerprint density at radius 2 is 1.76 bits per heavy atom. The Morgan fingerprint density at radius 1 is 1.00 bits per heavy atom. The highest BCUT2D eigenvalue weighted by Gasteiger charge is 2.47. The lowest BCUT2D eigenvalue weighted by molar-refractivity contribution is -0.159. The highest BCUT2D eigenvalue weighted by molar-refractivity contribution is 5.89. The number of para-hydroxylation sites is 1. The number of hydrogen-bond donors (Lipinski definition) is 1. The molecule has 3 aliphatic rings. The van der Waals surface area contributed by atoms with Crippen molar-refractivity contribution in [3.63, 3.8) is 0 Å². The maximum atomic E-state index is 14.1. The average Bonchev–Trinajstić information content (AvgIpc) is 3.58. The minimum atomic E-state index is -0.856. The van der Waals surface area contributed by atoms with Crippen LogP contribution >= 0.6 is 0 Å². The van der Waals surface area contributed by atoms with Crippen LogP contribution in [0.3, 0.4) is 0 Å². The van der Waals surface area contributed by atoms with Gasteiger partial charge in [-0.05, 0) is 62.0 Å². The summed E-state index contributed by atoms with van der Waals surface area (Å²) in [6.45, 7) is 5.92. The zero-order valence-corrected chi connectivity index (χ0v) is 25.3. The van der Waals surface area contributed by atoms with Gasteiger partial charge in [0, 0.05) is 11.8 Å². The number of carbonyl (C=O) groups is 3. The van der Waals surface area contributed by atoms with Gasteiger partial charge < -0.3 is 24.1 Å². The van der Waals surface area contributed by atoms with Crippen molar-refractivity contribution in [3.05, 3.63) is 40.1 Å². The predicted octanol–water partition coefficient (Wildman–Crippen LogP) is 4.93. The van der Waals surface area contributed by atoms with Crippen LogP contribution in [0.4, 0.5) is 0 Å². The molecule has 2 aromatic rings. The van der Waals surface area contributed by atoms with Gasteiger partial charge in [-0.1, -0.05) is 45.7 Å². The molecule has 0 radical (unpaired) electrons. The number of pyridine rings is 1. The third-order valence-electron chi connectivity index (χ3n) is 9.36. The van der Waals surface area contributed by atoms with Crippen molar-refractivity contribution >= 4 is 28.7 Å². The molecule has 5 rings (SSSR count). The van der Waals surface area contributed by atoms with Crippen molar-refractivity contribution in [2.75, 3.05) is 13.7 Å². The number of ether oxygens (including phenoxy) is 3. The van der Waals surface area contributed by atoms with Gasteiger partial charge >= 0.3 is 11.9 Å². The van der Waals surface area contributed by atoms with Crippen molar-refractivity contribution in [2.24, 2.45) is 17.3 Å². The topological polar surface area (TPSA) is 115 Å². The fourth-order valence-electron chi connectivity index (χ4n) is 6.95. The number of nitrogens with zero attached hydrogens (tertiary/aromatic N) is 1. The van der Waals surface area contributed by atoms with E-state index in [1.165, 1.54) is 12.0 Å². The molecule has 1 saturated heterocycles. The Morgan fingerprint density at radius 3 is 2.52 bits per heavy atom. The summed E-state index contributed by atoms with van der Waals surface area (Å²) in [6, 6.07) is 6.52. The summed E-state index contributed by atoms with van der Waals surface area (Å²) in [5.74, 6) is -1.17. The first kappa shape index (κ1) is 30.1. The Bertz CT molecular complexity index is 1380. The Balaban J connectivity index is 1.52. The van der Waals surface area contributed by atoms with Crippen LogP contribution in [0, 0.1) is 17.3 Å². The maximum absolute atomic E-state index is 14.1. The van der Waals surface area contributed by atoms with E-state index in [1.807, 2.05) is 45.0 Å². The standard InChI is InChI=1S/C33H44N2O7/c1-33(2,3)24-18-28(36)42-27-16-10-12-20(27)11-6-5-7-14-23-29(37)22-13-8-9-15-25(22)34-30(23)41-21-17-26(32(39)40-4)35(19-21)31(24)38/h8-9,13,15,20-21,24,26-27H,5-7,10-12,14,16-19H2,1-4H3,(H,34,37)/t20-,21-,24-,26+,27-/m1/s1. The van der Waals surface area contributed by atoms with Crippen LogP contribution in [0.15, 0.2) is 29.1 Å². The first-order valence-electron chi connectivity index (χ1n) is 15.4. The molecule has 42 heavy (non-hydrogen) atoms. The van der Waals surface area contributed by atoms with Crippen LogP contribution < -0.4 is 10.2 Å². The number of nitrogens with one attached hydrogen (secondary N) is 1. The van der Waals surface area contributed by atoms with E-state index in [-0.39, 0.29) is 42.8 Å². The zero-order chi connectivity index (χ0) is 30.0. The van der Waals surface area contributed by atoms with Crippen molar-refractivity contribution in [2.45, 2.75) is 103 Å². The van der Waals surface area contributed by atoms with E-state index >= 15 is 0 Å². The molecular weight excluding hydrogens is 536 g/mol. The number of hydrogen-bond acceptors (Lipinski definition) is 7. The van der Waals surface area contributed by atoms with E-state index in [9.17, 15) is 19.2 Å². The Kier molecular flexibility index (Phi) is 8.94. The predicted molar refractivity (Wildman–Crippen MR) is 158 cm³/mol. The normalized spacial score (nSPS) is 27.8. The van der Waals surface area contributed by atoms with Crippen LogP contribution in [-0.4, -0.2) is 59.6 Å². The lowest BCUT2D eigenvalue weighted by Crippen LogP contribution is -2.48. The number of benzene rings is 1. The molecule has 2 fully saturated rings. The molecule has 2 aliphatic heterocycles. The molecule has 9 nitrogen and oxygen atoms in total. The molecule has 2 bridgehead atoms. The fourth-order valence-corrected chi connectivity index (χ4v) is 6.95. The van der Waals surface area contributed by atoms with Gasteiger partial charge in [0.05, 0.1) is 37.1 Å². The number of methoxy groups -OCH3 is 1. The number of esters is 2. The number of fused-ring (bicyclic) bond motifs is 5. The minimum Gasteiger partial charge on any atom is -0.473 e. The summed E-state index contributed by atoms with van der Waals surface area (Å²) in [5.41, 5.74) is 0.661. The number of aromatic nitrogens is 1.